The summed E-state index contributed by atoms with van der Waals surface area (Å²) in [6, 6.07) is 10.4. The lowest BCUT2D eigenvalue weighted by atomic mass is 9.97. The SMILES string of the molecule is CC(C(O)c1ccccc1)N1CCC(N2CCS(=O)(=O)CC2)CC1. The van der Waals surface area contributed by atoms with Crippen molar-refractivity contribution in [2.75, 3.05) is 37.7 Å². The van der Waals surface area contributed by atoms with Crippen LogP contribution in [-0.4, -0.2) is 73.1 Å². The molecular weight excluding hydrogens is 324 g/mol. The number of aliphatic hydroxyl groups excluding tert-OH is 1. The van der Waals surface area contributed by atoms with E-state index >= 15 is 0 Å². The van der Waals surface area contributed by atoms with Crippen molar-refractivity contribution in [2.24, 2.45) is 0 Å². The van der Waals surface area contributed by atoms with E-state index in [1.807, 2.05) is 30.3 Å². The number of nitrogens with zero attached hydrogens (tertiary/aromatic N) is 2. The summed E-state index contributed by atoms with van der Waals surface area (Å²) in [5, 5.41) is 10.6. The van der Waals surface area contributed by atoms with Gasteiger partial charge in [-0.3, -0.25) is 9.80 Å². The molecule has 1 aromatic carbocycles. The maximum atomic E-state index is 11.6. The summed E-state index contributed by atoms with van der Waals surface area (Å²) in [5.74, 6) is 0.604. The number of likely N-dealkylation sites (tertiary alicyclic amines) is 1. The number of rotatable bonds is 4. The molecule has 3 rings (SSSR count). The summed E-state index contributed by atoms with van der Waals surface area (Å²) in [6.45, 7) is 5.35. The summed E-state index contributed by atoms with van der Waals surface area (Å²) in [6.07, 6.45) is 1.63. The fraction of sp³-hybridized carbons (Fsp3) is 0.667. The van der Waals surface area contributed by atoms with Crippen LogP contribution < -0.4 is 0 Å². The quantitative estimate of drug-likeness (QED) is 0.885. The van der Waals surface area contributed by atoms with E-state index in [0.717, 1.165) is 31.5 Å². The number of aliphatic hydroxyl groups is 1. The number of hydrogen-bond donors (Lipinski definition) is 1. The standard InChI is InChI=1S/C18H28N2O3S/c1-15(18(21)16-5-3-2-4-6-16)19-9-7-17(8-10-19)20-11-13-24(22,23)14-12-20/h2-6,15,17-18,21H,7-14H2,1H3. The third-order valence-electron chi connectivity index (χ3n) is 5.57. The van der Waals surface area contributed by atoms with Gasteiger partial charge in [0, 0.05) is 38.3 Å². The van der Waals surface area contributed by atoms with E-state index in [0.29, 0.717) is 30.6 Å². The molecule has 0 bridgehead atoms. The van der Waals surface area contributed by atoms with Crippen LogP contribution in [0.15, 0.2) is 30.3 Å². The van der Waals surface area contributed by atoms with Crippen molar-refractivity contribution in [3.63, 3.8) is 0 Å². The largest absolute Gasteiger partial charge is 0.387 e. The van der Waals surface area contributed by atoms with E-state index in [-0.39, 0.29) is 6.04 Å². The van der Waals surface area contributed by atoms with E-state index in [1.165, 1.54) is 0 Å². The number of sulfone groups is 1. The Labute approximate surface area is 145 Å². The minimum atomic E-state index is -2.81. The summed E-state index contributed by atoms with van der Waals surface area (Å²) in [5.41, 5.74) is 0.966. The van der Waals surface area contributed by atoms with Crippen LogP contribution in [0.5, 0.6) is 0 Å². The lowest BCUT2D eigenvalue weighted by Gasteiger charge is -2.42. The van der Waals surface area contributed by atoms with Crippen LogP contribution in [0.4, 0.5) is 0 Å². The van der Waals surface area contributed by atoms with Crippen molar-refractivity contribution in [3.05, 3.63) is 35.9 Å². The van der Waals surface area contributed by atoms with Crippen LogP contribution in [0.3, 0.4) is 0 Å². The first kappa shape index (κ1) is 17.9. The second-order valence-electron chi connectivity index (χ2n) is 7.05. The Morgan fingerprint density at radius 1 is 1.04 bits per heavy atom. The average molecular weight is 353 g/mol. The van der Waals surface area contributed by atoms with Crippen LogP contribution in [0.25, 0.3) is 0 Å². The van der Waals surface area contributed by atoms with Gasteiger partial charge >= 0.3 is 0 Å². The first-order chi connectivity index (χ1) is 11.5. The van der Waals surface area contributed by atoms with Crippen molar-refractivity contribution < 1.29 is 13.5 Å². The molecule has 24 heavy (non-hydrogen) atoms. The summed E-state index contributed by atoms with van der Waals surface area (Å²) < 4.78 is 23.1. The lowest BCUT2D eigenvalue weighted by Crippen LogP contribution is -2.52. The van der Waals surface area contributed by atoms with Crippen molar-refractivity contribution in [3.8, 4) is 0 Å². The molecule has 2 saturated heterocycles. The Hall–Kier alpha value is -0.950. The summed E-state index contributed by atoms with van der Waals surface area (Å²) >= 11 is 0. The van der Waals surface area contributed by atoms with Gasteiger partial charge in [-0.1, -0.05) is 30.3 Å². The van der Waals surface area contributed by atoms with Gasteiger partial charge < -0.3 is 5.11 Å². The third kappa shape index (κ3) is 4.17. The maximum Gasteiger partial charge on any atom is 0.152 e. The van der Waals surface area contributed by atoms with Crippen LogP contribution in [0, 0.1) is 0 Å². The third-order valence-corrected chi connectivity index (χ3v) is 7.18. The van der Waals surface area contributed by atoms with Crippen molar-refractivity contribution >= 4 is 9.84 Å². The van der Waals surface area contributed by atoms with Gasteiger partial charge in [-0.25, -0.2) is 8.42 Å². The van der Waals surface area contributed by atoms with Crippen molar-refractivity contribution in [2.45, 2.75) is 38.0 Å². The Morgan fingerprint density at radius 3 is 2.21 bits per heavy atom. The molecule has 2 atom stereocenters. The number of piperidine rings is 1. The Bertz CT molecular complexity index is 613. The van der Waals surface area contributed by atoms with Gasteiger partial charge in [0.15, 0.2) is 9.84 Å². The lowest BCUT2D eigenvalue weighted by molar-refractivity contribution is 0.0263. The summed E-state index contributed by atoms with van der Waals surface area (Å²) in [7, 11) is -2.81. The van der Waals surface area contributed by atoms with Crippen molar-refractivity contribution in [1.82, 2.24) is 9.80 Å². The van der Waals surface area contributed by atoms with Gasteiger partial charge in [-0.2, -0.15) is 0 Å². The topological polar surface area (TPSA) is 60.9 Å². The van der Waals surface area contributed by atoms with Gasteiger partial charge in [0.1, 0.15) is 0 Å². The molecule has 2 heterocycles. The molecule has 2 unspecified atom stereocenters. The Kier molecular flexibility index (Phi) is 5.59. The number of hydrogen-bond acceptors (Lipinski definition) is 5. The van der Waals surface area contributed by atoms with Crippen LogP contribution in [0.1, 0.15) is 31.4 Å². The van der Waals surface area contributed by atoms with Gasteiger partial charge in [0.05, 0.1) is 17.6 Å². The minimum absolute atomic E-state index is 0.0927. The van der Waals surface area contributed by atoms with E-state index < -0.39 is 15.9 Å². The fourth-order valence-corrected chi connectivity index (χ4v) is 5.11. The van der Waals surface area contributed by atoms with Gasteiger partial charge in [0.25, 0.3) is 0 Å². The Balaban J connectivity index is 1.51. The molecule has 0 aliphatic carbocycles. The molecule has 2 aliphatic rings. The highest BCUT2D eigenvalue weighted by Crippen LogP contribution is 2.25. The predicted molar refractivity (Wildman–Crippen MR) is 95.7 cm³/mol. The first-order valence-corrected chi connectivity index (χ1v) is 10.7. The van der Waals surface area contributed by atoms with Gasteiger partial charge in [-0.05, 0) is 25.3 Å². The van der Waals surface area contributed by atoms with E-state index in [1.54, 1.807) is 0 Å². The normalized spacial score (nSPS) is 26.1. The second kappa shape index (κ2) is 7.52. The van der Waals surface area contributed by atoms with Crippen LogP contribution in [0.2, 0.25) is 0 Å². The molecule has 2 fully saturated rings. The van der Waals surface area contributed by atoms with E-state index in [4.69, 9.17) is 0 Å². The first-order valence-electron chi connectivity index (χ1n) is 8.88. The van der Waals surface area contributed by atoms with E-state index in [2.05, 4.69) is 16.7 Å². The monoisotopic (exact) mass is 352 g/mol. The van der Waals surface area contributed by atoms with Crippen molar-refractivity contribution in [1.29, 1.82) is 0 Å². The molecular formula is C18H28N2O3S. The van der Waals surface area contributed by atoms with Gasteiger partial charge in [0.2, 0.25) is 0 Å². The summed E-state index contributed by atoms with van der Waals surface area (Å²) in [4.78, 5) is 4.70. The molecule has 5 nitrogen and oxygen atoms in total. The molecule has 2 aliphatic heterocycles. The fourth-order valence-electron chi connectivity index (χ4n) is 3.88. The molecule has 0 amide bonds. The predicted octanol–water partition coefficient (Wildman–Crippen LogP) is 1.30. The van der Waals surface area contributed by atoms with Gasteiger partial charge in [-0.15, -0.1) is 0 Å². The average Bonchev–Trinajstić information content (AvgIpc) is 2.61. The zero-order chi connectivity index (χ0) is 17.2. The molecule has 134 valence electrons. The molecule has 0 saturated carbocycles. The highest BCUT2D eigenvalue weighted by Gasteiger charge is 2.32. The molecule has 1 aromatic rings. The van der Waals surface area contributed by atoms with E-state index in [9.17, 15) is 13.5 Å². The maximum absolute atomic E-state index is 11.6. The highest BCUT2D eigenvalue weighted by molar-refractivity contribution is 7.91. The molecule has 0 aromatic heterocycles. The zero-order valence-electron chi connectivity index (χ0n) is 14.3. The Morgan fingerprint density at radius 2 is 1.62 bits per heavy atom. The smallest absolute Gasteiger partial charge is 0.152 e. The number of benzene rings is 1. The molecule has 0 spiro atoms. The molecule has 0 radical (unpaired) electrons. The van der Waals surface area contributed by atoms with Crippen LogP contribution in [-0.2, 0) is 9.84 Å². The second-order valence-corrected chi connectivity index (χ2v) is 9.35. The molecule has 6 heteroatoms. The van der Waals surface area contributed by atoms with Crippen LogP contribution >= 0.6 is 0 Å². The minimum Gasteiger partial charge on any atom is -0.387 e. The zero-order valence-corrected chi connectivity index (χ0v) is 15.2. The molecule has 1 N–H and O–H groups in total. The highest BCUT2D eigenvalue weighted by atomic mass is 32.2.